The van der Waals surface area contributed by atoms with Crippen LogP contribution in [0.4, 0.5) is 0 Å². The molecule has 0 saturated heterocycles. The van der Waals surface area contributed by atoms with Gasteiger partial charge in [-0.2, -0.15) is 0 Å². The lowest BCUT2D eigenvalue weighted by atomic mass is 10.0. The fourth-order valence-corrected chi connectivity index (χ4v) is 1.79. The molecule has 1 aromatic heterocycles. The highest BCUT2D eigenvalue weighted by atomic mass is 16.4. The first-order chi connectivity index (χ1) is 8.60. The maximum atomic E-state index is 11.0. The van der Waals surface area contributed by atoms with Gasteiger partial charge < -0.3 is 10.2 Å². The van der Waals surface area contributed by atoms with Crippen molar-refractivity contribution in [2.24, 2.45) is 0 Å². The molecule has 0 aliphatic rings. The molecule has 2 aromatic rings. The molecule has 18 heavy (non-hydrogen) atoms. The third-order valence-corrected chi connectivity index (χ3v) is 2.62. The number of hydrogen-bond acceptors (Lipinski definition) is 3. The zero-order valence-electron chi connectivity index (χ0n) is 9.92. The van der Waals surface area contributed by atoms with Crippen molar-refractivity contribution < 1.29 is 15.0 Å². The van der Waals surface area contributed by atoms with Crippen molar-refractivity contribution in [1.82, 2.24) is 4.98 Å². The summed E-state index contributed by atoms with van der Waals surface area (Å²) in [5.74, 6) is -1.04. The lowest BCUT2D eigenvalue weighted by Gasteiger charge is -2.06. The second-order valence-electron chi connectivity index (χ2n) is 4.05. The van der Waals surface area contributed by atoms with Crippen molar-refractivity contribution in [3.05, 3.63) is 53.3 Å². The van der Waals surface area contributed by atoms with Gasteiger partial charge in [0.1, 0.15) is 5.69 Å². The van der Waals surface area contributed by atoms with E-state index in [0.29, 0.717) is 5.69 Å². The Hall–Kier alpha value is -2.20. The summed E-state index contributed by atoms with van der Waals surface area (Å²) in [6.45, 7) is 1.72. The van der Waals surface area contributed by atoms with Crippen LogP contribution >= 0.6 is 0 Å². The maximum absolute atomic E-state index is 11.0. The fraction of sp³-hybridized carbons (Fsp3) is 0.143. The molecule has 2 rings (SSSR count). The number of benzene rings is 1. The van der Waals surface area contributed by atoms with E-state index in [2.05, 4.69) is 4.98 Å². The van der Waals surface area contributed by atoms with Gasteiger partial charge in [0.05, 0.1) is 6.61 Å². The highest BCUT2D eigenvalue weighted by Crippen LogP contribution is 2.22. The Bertz CT molecular complexity index is 593. The number of carbonyl (C=O) groups is 1. The zero-order valence-corrected chi connectivity index (χ0v) is 9.92. The van der Waals surface area contributed by atoms with E-state index in [-0.39, 0.29) is 12.3 Å². The number of aliphatic hydroxyl groups is 1. The summed E-state index contributed by atoms with van der Waals surface area (Å²) in [5, 5.41) is 18.1. The first-order valence-electron chi connectivity index (χ1n) is 5.52. The highest BCUT2D eigenvalue weighted by molar-refractivity contribution is 5.87. The van der Waals surface area contributed by atoms with E-state index in [1.165, 1.54) is 6.07 Å². The third kappa shape index (κ3) is 2.55. The Morgan fingerprint density at radius 2 is 2.00 bits per heavy atom. The Labute approximate surface area is 105 Å². The van der Waals surface area contributed by atoms with Crippen molar-refractivity contribution >= 4 is 5.97 Å². The molecule has 4 heteroatoms. The van der Waals surface area contributed by atoms with Crippen molar-refractivity contribution in [2.45, 2.75) is 13.5 Å². The topological polar surface area (TPSA) is 70.4 Å². The summed E-state index contributed by atoms with van der Waals surface area (Å²) in [6, 6.07) is 10.7. The van der Waals surface area contributed by atoms with Crippen molar-refractivity contribution in [2.75, 3.05) is 0 Å². The zero-order chi connectivity index (χ0) is 13.1. The van der Waals surface area contributed by atoms with Crippen LogP contribution in [0.25, 0.3) is 11.1 Å². The average molecular weight is 243 g/mol. The molecule has 1 aromatic carbocycles. The van der Waals surface area contributed by atoms with Gasteiger partial charge >= 0.3 is 5.97 Å². The lowest BCUT2D eigenvalue weighted by Crippen LogP contribution is -2.01. The molecule has 0 saturated carbocycles. The van der Waals surface area contributed by atoms with Crippen LogP contribution in [0.15, 0.2) is 36.4 Å². The Balaban J connectivity index is 2.52. The van der Waals surface area contributed by atoms with Gasteiger partial charge in [0.25, 0.3) is 0 Å². The lowest BCUT2D eigenvalue weighted by molar-refractivity contribution is 0.0690. The summed E-state index contributed by atoms with van der Waals surface area (Å²) in [7, 11) is 0. The number of aryl methyl sites for hydroxylation is 1. The quantitative estimate of drug-likeness (QED) is 0.867. The van der Waals surface area contributed by atoms with Crippen LogP contribution in [-0.4, -0.2) is 21.2 Å². The molecular weight excluding hydrogens is 230 g/mol. The molecule has 0 unspecified atom stereocenters. The molecule has 0 fully saturated rings. The van der Waals surface area contributed by atoms with Gasteiger partial charge in [-0.1, -0.05) is 18.2 Å². The number of nitrogens with zero attached hydrogens (tertiary/aromatic N) is 1. The number of pyridine rings is 1. The molecule has 92 valence electrons. The second-order valence-corrected chi connectivity index (χ2v) is 4.05. The smallest absolute Gasteiger partial charge is 0.354 e. The van der Waals surface area contributed by atoms with Crippen molar-refractivity contribution in [1.29, 1.82) is 0 Å². The highest BCUT2D eigenvalue weighted by Gasteiger charge is 2.08. The van der Waals surface area contributed by atoms with Gasteiger partial charge in [0.15, 0.2) is 0 Å². The van der Waals surface area contributed by atoms with Crippen LogP contribution in [-0.2, 0) is 6.61 Å². The van der Waals surface area contributed by atoms with Gasteiger partial charge in [-0.25, -0.2) is 9.78 Å². The van der Waals surface area contributed by atoms with Crippen LogP contribution in [0, 0.1) is 6.92 Å². The molecule has 2 N–H and O–H groups in total. The summed E-state index contributed by atoms with van der Waals surface area (Å²) < 4.78 is 0. The molecule has 0 amide bonds. The summed E-state index contributed by atoms with van der Waals surface area (Å²) >= 11 is 0. The molecule has 0 spiro atoms. The largest absolute Gasteiger partial charge is 0.477 e. The minimum absolute atomic E-state index is 0.0272. The van der Waals surface area contributed by atoms with Crippen LogP contribution in [0.3, 0.4) is 0 Å². The van der Waals surface area contributed by atoms with E-state index < -0.39 is 5.97 Å². The molecule has 0 bridgehead atoms. The van der Waals surface area contributed by atoms with Crippen LogP contribution in [0.1, 0.15) is 21.7 Å². The molecule has 0 aliphatic carbocycles. The second kappa shape index (κ2) is 4.98. The minimum atomic E-state index is -1.04. The summed E-state index contributed by atoms with van der Waals surface area (Å²) in [4.78, 5) is 14.9. The number of aromatic nitrogens is 1. The van der Waals surface area contributed by atoms with E-state index in [0.717, 1.165) is 16.7 Å². The number of carboxylic acids is 1. The van der Waals surface area contributed by atoms with Crippen LogP contribution < -0.4 is 0 Å². The Kier molecular flexibility index (Phi) is 3.39. The number of aliphatic hydroxyl groups excluding tert-OH is 1. The van der Waals surface area contributed by atoms with Gasteiger partial charge in [0, 0.05) is 5.69 Å². The van der Waals surface area contributed by atoms with Crippen LogP contribution in [0.5, 0.6) is 0 Å². The van der Waals surface area contributed by atoms with E-state index >= 15 is 0 Å². The molecule has 0 aliphatic heterocycles. The van der Waals surface area contributed by atoms with E-state index in [9.17, 15) is 4.79 Å². The summed E-state index contributed by atoms with van der Waals surface area (Å²) in [6.07, 6.45) is 0. The van der Waals surface area contributed by atoms with Gasteiger partial charge in [0.2, 0.25) is 0 Å². The van der Waals surface area contributed by atoms with Gasteiger partial charge in [-0.3, -0.25) is 0 Å². The first kappa shape index (κ1) is 12.3. The van der Waals surface area contributed by atoms with Crippen LogP contribution in [0.2, 0.25) is 0 Å². The normalized spacial score (nSPS) is 10.3. The van der Waals surface area contributed by atoms with Gasteiger partial charge in [-0.15, -0.1) is 0 Å². The molecule has 1 heterocycles. The monoisotopic (exact) mass is 243 g/mol. The van der Waals surface area contributed by atoms with E-state index in [1.54, 1.807) is 6.92 Å². The van der Waals surface area contributed by atoms with E-state index in [1.807, 2.05) is 30.3 Å². The molecule has 0 radical (unpaired) electrons. The predicted molar refractivity (Wildman–Crippen MR) is 67.3 cm³/mol. The van der Waals surface area contributed by atoms with Crippen molar-refractivity contribution in [3.63, 3.8) is 0 Å². The first-order valence-corrected chi connectivity index (χ1v) is 5.52. The number of carboxylic acid groups (broad SMARTS) is 1. The predicted octanol–water partition coefficient (Wildman–Crippen LogP) is 2.25. The maximum Gasteiger partial charge on any atom is 0.354 e. The Morgan fingerprint density at radius 3 is 2.67 bits per heavy atom. The summed E-state index contributed by atoms with van der Waals surface area (Å²) in [5.41, 5.74) is 3.13. The fourth-order valence-electron chi connectivity index (χ4n) is 1.79. The number of hydrogen-bond donors (Lipinski definition) is 2. The third-order valence-electron chi connectivity index (χ3n) is 2.62. The molecular formula is C14H13NO3. The van der Waals surface area contributed by atoms with Gasteiger partial charge in [-0.05, 0) is 41.8 Å². The molecule has 4 nitrogen and oxygen atoms in total. The van der Waals surface area contributed by atoms with E-state index in [4.69, 9.17) is 10.2 Å². The standard InChI is InChI=1S/C14H13NO3/c1-9-5-12(7-13(15-9)14(17)18)11-4-2-3-10(6-11)8-16/h2-7,16H,8H2,1H3,(H,17,18). The minimum Gasteiger partial charge on any atom is -0.477 e. The number of aromatic carboxylic acids is 1. The average Bonchev–Trinajstić information content (AvgIpc) is 2.38. The number of rotatable bonds is 3. The Morgan fingerprint density at radius 1 is 1.22 bits per heavy atom. The van der Waals surface area contributed by atoms with Crippen molar-refractivity contribution in [3.8, 4) is 11.1 Å². The molecule has 0 atom stereocenters. The SMILES string of the molecule is Cc1cc(-c2cccc(CO)c2)cc(C(=O)O)n1.